The second kappa shape index (κ2) is 6.12. The quantitative estimate of drug-likeness (QED) is 0.861. The highest BCUT2D eigenvalue weighted by molar-refractivity contribution is 5.17. The molecule has 0 spiro atoms. The summed E-state index contributed by atoms with van der Waals surface area (Å²) < 4.78 is 0. The van der Waals surface area contributed by atoms with Crippen molar-refractivity contribution >= 4 is 0 Å². The second-order valence-electron chi connectivity index (χ2n) is 5.03. The van der Waals surface area contributed by atoms with Crippen LogP contribution in [0.15, 0.2) is 18.3 Å². The smallest absolute Gasteiger partial charge is 0.0570 e. The van der Waals surface area contributed by atoms with Crippen LogP contribution in [0.4, 0.5) is 0 Å². The van der Waals surface area contributed by atoms with Gasteiger partial charge in [0.15, 0.2) is 0 Å². The van der Waals surface area contributed by atoms with Gasteiger partial charge in [-0.3, -0.25) is 4.98 Å². The monoisotopic (exact) mass is 233 g/mol. The summed E-state index contributed by atoms with van der Waals surface area (Å²) >= 11 is 0. The summed E-state index contributed by atoms with van der Waals surface area (Å²) in [5, 5.41) is 3.54. The first-order valence-corrected chi connectivity index (χ1v) is 6.59. The minimum Gasteiger partial charge on any atom is -0.310 e. The molecule has 1 aromatic rings. The second-order valence-corrected chi connectivity index (χ2v) is 5.03. The van der Waals surface area contributed by atoms with Crippen LogP contribution in [-0.2, 0) is 6.54 Å². The van der Waals surface area contributed by atoms with Gasteiger partial charge in [-0.2, -0.15) is 0 Å². The highest BCUT2D eigenvalue weighted by atomic mass is 15.2. The van der Waals surface area contributed by atoms with Crippen LogP contribution in [0.1, 0.15) is 30.5 Å². The molecule has 0 bridgehead atoms. The lowest BCUT2D eigenvalue weighted by atomic mass is 10.0. The average molecular weight is 233 g/mol. The number of likely N-dealkylation sites (tertiary alicyclic amines) is 1. The largest absolute Gasteiger partial charge is 0.310 e. The zero-order valence-electron chi connectivity index (χ0n) is 10.9. The van der Waals surface area contributed by atoms with E-state index in [1.807, 2.05) is 12.3 Å². The topological polar surface area (TPSA) is 28.2 Å². The van der Waals surface area contributed by atoms with Gasteiger partial charge < -0.3 is 10.2 Å². The molecule has 0 aromatic carbocycles. The standard InChI is InChI=1S/C14H23N3/c1-12-6-5-8-16-14(12)11-15-10-13-7-3-4-9-17(13)2/h5-6,8,13,15H,3-4,7,9-11H2,1-2H3. The number of piperidine rings is 1. The first-order chi connectivity index (χ1) is 8.27. The summed E-state index contributed by atoms with van der Waals surface area (Å²) in [6.07, 6.45) is 5.92. The van der Waals surface area contributed by atoms with Crippen LogP contribution in [-0.4, -0.2) is 36.1 Å². The number of rotatable bonds is 4. The Balaban J connectivity index is 1.77. The number of pyridine rings is 1. The van der Waals surface area contributed by atoms with Crippen LogP contribution in [0.5, 0.6) is 0 Å². The number of aromatic nitrogens is 1. The molecule has 1 aromatic heterocycles. The van der Waals surface area contributed by atoms with Crippen molar-refractivity contribution in [2.45, 2.75) is 38.8 Å². The minimum atomic E-state index is 0.702. The van der Waals surface area contributed by atoms with E-state index in [1.165, 1.54) is 37.1 Å². The Bertz CT molecular complexity index is 351. The predicted octanol–water partition coefficient (Wildman–Crippen LogP) is 1.96. The molecule has 1 saturated heterocycles. The summed E-state index contributed by atoms with van der Waals surface area (Å²) in [6.45, 7) is 5.33. The van der Waals surface area contributed by atoms with Gasteiger partial charge in [-0.15, -0.1) is 0 Å². The Morgan fingerprint density at radius 1 is 1.47 bits per heavy atom. The highest BCUT2D eigenvalue weighted by Crippen LogP contribution is 2.14. The van der Waals surface area contributed by atoms with Crippen molar-refractivity contribution in [3.63, 3.8) is 0 Å². The van der Waals surface area contributed by atoms with E-state index in [0.717, 1.165) is 13.1 Å². The summed E-state index contributed by atoms with van der Waals surface area (Å²) in [5.74, 6) is 0. The number of hydrogen-bond acceptors (Lipinski definition) is 3. The Labute approximate surface area is 104 Å². The Kier molecular flexibility index (Phi) is 4.51. The van der Waals surface area contributed by atoms with Gasteiger partial charge in [0.1, 0.15) is 0 Å². The normalized spacial score (nSPS) is 21.6. The van der Waals surface area contributed by atoms with Gasteiger partial charge in [0, 0.05) is 25.3 Å². The van der Waals surface area contributed by atoms with E-state index in [9.17, 15) is 0 Å². The maximum Gasteiger partial charge on any atom is 0.0570 e. The van der Waals surface area contributed by atoms with Crippen molar-refractivity contribution < 1.29 is 0 Å². The SMILES string of the molecule is Cc1cccnc1CNCC1CCCCN1C. The van der Waals surface area contributed by atoms with E-state index in [1.54, 1.807) is 0 Å². The van der Waals surface area contributed by atoms with E-state index in [2.05, 4.69) is 35.2 Å². The van der Waals surface area contributed by atoms with Crippen molar-refractivity contribution in [1.29, 1.82) is 0 Å². The van der Waals surface area contributed by atoms with Crippen LogP contribution in [0.2, 0.25) is 0 Å². The lowest BCUT2D eigenvalue weighted by Gasteiger charge is -2.32. The molecule has 1 unspecified atom stereocenters. The molecule has 3 nitrogen and oxygen atoms in total. The number of nitrogens with one attached hydrogen (secondary N) is 1. The number of likely N-dealkylation sites (N-methyl/N-ethyl adjacent to an activating group) is 1. The highest BCUT2D eigenvalue weighted by Gasteiger charge is 2.17. The molecule has 17 heavy (non-hydrogen) atoms. The molecule has 3 heteroatoms. The van der Waals surface area contributed by atoms with Crippen LogP contribution in [0, 0.1) is 6.92 Å². The van der Waals surface area contributed by atoms with Crippen LogP contribution in [0.25, 0.3) is 0 Å². The van der Waals surface area contributed by atoms with E-state index in [0.29, 0.717) is 6.04 Å². The Hall–Kier alpha value is -0.930. The van der Waals surface area contributed by atoms with Crippen LogP contribution < -0.4 is 5.32 Å². The Morgan fingerprint density at radius 2 is 2.35 bits per heavy atom. The third kappa shape index (κ3) is 3.51. The average Bonchev–Trinajstić information content (AvgIpc) is 2.34. The fraction of sp³-hybridized carbons (Fsp3) is 0.643. The van der Waals surface area contributed by atoms with Crippen LogP contribution in [0.3, 0.4) is 0 Å². The number of aryl methyl sites for hydroxylation is 1. The van der Waals surface area contributed by atoms with Crippen LogP contribution >= 0.6 is 0 Å². The van der Waals surface area contributed by atoms with Gasteiger partial charge in [-0.25, -0.2) is 0 Å². The zero-order valence-corrected chi connectivity index (χ0v) is 10.9. The van der Waals surface area contributed by atoms with E-state index >= 15 is 0 Å². The maximum absolute atomic E-state index is 4.40. The maximum atomic E-state index is 4.40. The van der Waals surface area contributed by atoms with E-state index < -0.39 is 0 Å². The summed E-state index contributed by atoms with van der Waals surface area (Å²) in [7, 11) is 2.23. The molecule has 1 aliphatic rings. The molecule has 0 radical (unpaired) electrons. The zero-order chi connectivity index (χ0) is 12.1. The van der Waals surface area contributed by atoms with Crippen molar-refractivity contribution in [3.05, 3.63) is 29.6 Å². The first kappa shape index (κ1) is 12.5. The molecule has 0 aliphatic carbocycles. The van der Waals surface area contributed by atoms with Crippen molar-refractivity contribution in [2.75, 3.05) is 20.1 Å². The fourth-order valence-corrected chi connectivity index (χ4v) is 2.46. The lowest BCUT2D eigenvalue weighted by Crippen LogP contribution is -2.42. The van der Waals surface area contributed by atoms with Crippen molar-refractivity contribution in [2.24, 2.45) is 0 Å². The number of nitrogens with zero attached hydrogens (tertiary/aromatic N) is 2. The molecule has 94 valence electrons. The molecular formula is C14H23N3. The van der Waals surface area contributed by atoms with E-state index in [4.69, 9.17) is 0 Å². The summed E-state index contributed by atoms with van der Waals surface area (Å²) in [6, 6.07) is 4.82. The van der Waals surface area contributed by atoms with Gasteiger partial charge in [0.05, 0.1) is 5.69 Å². The third-order valence-corrected chi connectivity index (χ3v) is 3.71. The van der Waals surface area contributed by atoms with Gasteiger partial charge in [-0.05, 0) is 45.0 Å². The molecule has 2 rings (SSSR count). The minimum absolute atomic E-state index is 0.702. The molecule has 1 aliphatic heterocycles. The Morgan fingerprint density at radius 3 is 3.12 bits per heavy atom. The first-order valence-electron chi connectivity index (χ1n) is 6.59. The lowest BCUT2D eigenvalue weighted by molar-refractivity contribution is 0.181. The molecule has 1 N–H and O–H groups in total. The third-order valence-electron chi connectivity index (χ3n) is 3.71. The molecule has 0 saturated carbocycles. The van der Waals surface area contributed by atoms with Crippen molar-refractivity contribution in [1.82, 2.24) is 15.2 Å². The molecule has 2 heterocycles. The van der Waals surface area contributed by atoms with E-state index in [-0.39, 0.29) is 0 Å². The van der Waals surface area contributed by atoms with Gasteiger partial charge >= 0.3 is 0 Å². The van der Waals surface area contributed by atoms with Gasteiger partial charge in [0.2, 0.25) is 0 Å². The van der Waals surface area contributed by atoms with Gasteiger partial charge in [0.25, 0.3) is 0 Å². The summed E-state index contributed by atoms with van der Waals surface area (Å²) in [5.41, 5.74) is 2.45. The fourth-order valence-electron chi connectivity index (χ4n) is 2.46. The molecule has 0 amide bonds. The van der Waals surface area contributed by atoms with Crippen molar-refractivity contribution in [3.8, 4) is 0 Å². The predicted molar refractivity (Wildman–Crippen MR) is 70.9 cm³/mol. The molecule has 1 atom stereocenters. The number of hydrogen-bond donors (Lipinski definition) is 1. The summed E-state index contributed by atoms with van der Waals surface area (Å²) in [4.78, 5) is 6.88. The molecular weight excluding hydrogens is 210 g/mol. The van der Waals surface area contributed by atoms with Gasteiger partial charge in [-0.1, -0.05) is 12.5 Å². The molecule has 1 fully saturated rings.